The minimum absolute atomic E-state index is 0.237. The molecule has 0 aliphatic rings. The number of hydrogen-bond donors (Lipinski definition) is 2. The number of rotatable bonds is 6. The zero-order chi connectivity index (χ0) is 20.4. The maximum atomic E-state index is 13.1. The SMILES string of the molecule is COc1ccc2[nH]cc(C(NS(=O)(=O)c3ccc(C)cc3)c3ccccc3)c2c1. The van der Waals surface area contributed by atoms with Gasteiger partial charge in [-0.1, -0.05) is 48.0 Å². The number of methoxy groups -OCH3 is 1. The fourth-order valence-corrected chi connectivity index (χ4v) is 4.59. The molecule has 29 heavy (non-hydrogen) atoms. The predicted molar refractivity (Wildman–Crippen MR) is 115 cm³/mol. The molecule has 1 aromatic heterocycles. The second-order valence-electron chi connectivity index (χ2n) is 6.93. The van der Waals surface area contributed by atoms with E-state index in [0.717, 1.165) is 27.6 Å². The first-order chi connectivity index (χ1) is 14.0. The van der Waals surface area contributed by atoms with Gasteiger partial charge in [0.15, 0.2) is 0 Å². The lowest BCUT2D eigenvalue weighted by atomic mass is 9.99. The second-order valence-corrected chi connectivity index (χ2v) is 8.65. The third-order valence-corrected chi connectivity index (χ3v) is 6.41. The maximum absolute atomic E-state index is 13.1. The number of aromatic amines is 1. The lowest BCUT2D eigenvalue weighted by Gasteiger charge is -2.19. The summed E-state index contributed by atoms with van der Waals surface area (Å²) in [6.07, 6.45) is 1.85. The van der Waals surface area contributed by atoms with E-state index in [1.807, 2.05) is 61.7 Å². The average molecular weight is 407 g/mol. The zero-order valence-corrected chi connectivity index (χ0v) is 17.0. The summed E-state index contributed by atoms with van der Waals surface area (Å²) in [6.45, 7) is 1.93. The van der Waals surface area contributed by atoms with E-state index in [1.165, 1.54) is 0 Å². The van der Waals surface area contributed by atoms with Crippen LogP contribution in [-0.4, -0.2) is 20.5 Å². The molecule has 0 aliphatic heterocycles. The fraction of sp³-hybridized carbons (Fsp3) is 0.130. The van der Waals surface area contributed by atoms with E-state index in [-0.39, 0.29) is 4.90 Å². The molecule has 4 aromatic rings. The molecular formula is C23H22N2O3S. The molecule has 0 radical (unpaired) electrons. The number of H-pyrrole nitrogens is 1. The molecule has 1 unspecified atom stereocenters. The minimum atomic E-state index is -3.73. The normalized spacial score (nSPS) is 12.8. The number of aryl methyl sites for hydroxylation is 1. The second kappa shape index (κ2) is 7.73. The van der Waals surface area contributed by atoms with Crippen molar-refractivity contribution in [3.8, 4) is 5.75 Å². The van der Waals surface area contributed by atoms with E-state index in [9.17, 15) is 8.42 Å². The van der Waals surface area contributed by atoms with Crippen LogP contribution in [0.4, 0.5) is 0 Å². The Labute approximate surface area is 170 Å². The van der Waals surface area contributed by atoms with E-state index in [1.54, 1.807) is 31.4 Å². The number of hydrogen-bond acceptors (Lipinski definition) is 3. The van der Waals surface area contributed by atoms with E-state index in [0.29, 0.717) is 5.75 Å². The van der Waals surface area contributed by atoms with Gasteiger partial charge in [-0.05, 0) is 48.4 Å². The number of benzene rings is 3. The maximum Gasteiger partial charge on any atom is 0.241 e. The number of ether oxygens (including phenoxy) is 1. The van der Waals surface area contributed by atoms with Crippen molar-refractivity contribution in [1.82, 2.24) is 9.71 Å². The first-order valence-electron chi connectivity index (χ1n) is 9.27. The summed E-state index contributed by atoms with van der Waals surface area (Å²) in [6, 6.07) is 21.5. The summed E-state index contributed by atoms with van der Waals surface area (Å²) in [7, 11) is -2.12. The van der Waals surface area contributed by atoms with Crippen LogP contribution in [0.2, 0.25) is 0 Å². The zero-order valence-electron chi connectivity index (χ0n) is 16.2. The molecule has 5 nitrogen and oxygen atoms in total. The van der Waals surface area contributed by atoms with E-state index < -0.39 is 16.1 Å². The van der Waals surface area contributed by atoms with Crippen LogP contribution in [0.3, 0.4) is 0 Å². The van der Waals surface area contributed by atoms with Gasteiger partial charge in [-0.15, -0.1) is 0 Å². The highest BCUT2D eigenvalue weighted by Crippen LogP contribution is 2.32. The molecule has 1 atom stereocenters. The van der Waals surface area contributed by atoms with Crippen LogP contribution in [0.1, 0.15) is 22.7 Å². The first kappa shape index (κ1) is 19.2. The van der Waals surface area contributed by atoms with Crippen molar-refractivity contribution in [2.75, 3.05) is 7.11 Å². The van der Waals surface area contributed by atoms with Gasteiger partial charge >= 0.3 is 0 Å². The van der Waals surface area contributed by atoms with Crippen molar-refractivity contribution in [3.05, 3.63) is 95.7 Å². The molecule has 0 fully saturated rings. The van der Waals surface area contributed by atoms with Crippen LogP contribution in [0.5, 0.6) is 5.75 Å². The largest absolute Gasteiger partial charge is 0.497 e. The van der Waals surface area contributed by atoms with Crippen LogP contribution in [0.15, 0.2) is 83.9 Å². The van der Waals surface area contributed by atoms with Gasteiger partial charge in [0.05, 0.1) is 18.0 Å². The summed E-state index contributed by atoms with van der Waals surface area (Å²) < 4.78 is 34.5. The molecule has 6 heteroatoms. The average Bonchev–Trinajstić information content (AvgIpc) is 3.16. The molecule has 4 rings (SSSR count). The van der Waals surface area contributed by atoms with E-state index in [4.69, 9.17) is 4.74 Å². The molecular weight excluding hydrogens is 384 g/mol. The lowest BCUT2D eigenvalue weighted by Crippen LogP contribution is -2.29. The molecule has 0 amide bonds. The standard InChI is InChI=1S/C23H22N2O3S/c1-16-8-11-19(12-9-16)29(26,27)25-23(17-6-4-3-5-7-17)21-15-24-22-13-10-18(28-2)14-20(21)22/h3-15,23-25H,1-2H3. The van der Waals surface area contributed by atoms with Gasteiger partial charge in [-0.2, -0.15) is 4.72 Å². The van der Waals surface area contributed by atoms with Crippen LogP contribution in [-0.2, 0) is 10.0 Å². The van der Waals surface area contributed by atoms with Gasteiger partial charge in [-0.25, -0.2) is 8.42 Å². The number of fused-ring (bicyclic) bond motifs is 1. The van der Waals surface area contributed by atoms with Crippen molar-refractivity contribution in [2.45, 2.75) is 17.9 Å². The third kappa shape index (κ3) is 3.90. The summed E-state index contributed by atoms with van der Waals surface area (Å²) in [4.78, 5) is 3.47. The van der Waals surface area contributed by atoms with Crippen LogP contribution < -0.4 is 9.46 Å². The highest BCUT2D eigenvalue weighted by atomic mass is 32.2. The van der Waals surface area contributed by atoms with Gasteiger partial charge in [0.1, 0.15) is 5.75 Å². The van der Waals surface area contributed by atoms with E-state index in [2.05, 4.69) is 9.71 Å². The lowest BCUT2D eigenvalue weighted by molar-refractivity contribution is 0.415. The van der Waals surface area contributed by atoms with Crippen molar-refractivity contribution in [3.63, 3.8) is 0 Å². The van der Waals surface area contributed by atoms with Gasteiger partial charge < -0.3 is 9.72 Å². The summed E-state index contributed by atoms with van der Waals surface area (Å²) >= 11 is 0. The van der Waals surface area contributed by atoms with Gasteiger partial charge in [0.25, 0.3) is 0 Å². The molecule has 0 bridgehead atoms. The molecule has 0 saturated carbocycles. The molecule has 0 saturated heterocycles. The van der Waals surface area contributed by atoms with Crippen LogP contribution in [0, 0.1) is 6.92 Å². The highest BCUT2D eigenvalue weighted by Gasteiger charge is 2.25. The minimum Gasteiger partial charge on any atom is -0.497 e. The van der Waals surface area contributed by atoms with Crippen molar-refractivity contribution in [2.24, 2.45) is 0 Å². The molecule has 1 heterocycles. The van der Waals surface area contributed by atoms with Gasteiger partial charge in [0, 0.05) is 17.1 Å². The Morgan fingerprint density at radius 1 is 0.966 bits per heavy atom. The number of nitrogens with one attached hydrogen (secondary N) is 2. The molecule has 0 aliphatic carbocycles. The summed E-state index contributed by atoms with van der Waals surface area (Å²) in [5, 5.41) is 0.907. The highest BCUT2D eigenvalue weighted by molar-refractivity contribution is 7.89. The van der Waals surface area contributed by atoms with Gasteiger partial charge in [-0.3, -0.25) is 0 Å². The Bertz CT molecular complexity index is 1230. The smallest absolute Gasteiger partial charge is 0.241 e. The molecule has 148 valence electrons. The first-order valence-corrected chi connectivity index (χ1v) is 10.8. The molecule has 2 N–H and O–H groups in total. The van der Waals surface area contributed by atoms with Gasteiger partial charge in [0.2, 0.25) is 10.0 Å². The number of sulfonamides is 1. The predicted octanol–water partition coefficient (Wildman–Crippen LogP) is 4.55. The monoisotopic (exact) mass is 406 g/mol. The Hall–Kier alpha value is -3.09. The van der Waals surface area contributed by atoms with Crippen LogP contribution in [0.25, 0.3) is 10.9 Å². The van der Waals surface area contributed by atoms with Crippen molar-refractivity contribution >= 4 is 20.9 Å². The third-order valence-electron chi connectivity index (χ3n) is 4.97. The topological polar surface area (TPSA) is 71.2 Å². The summed E-state index contributed by atoms with van der Waals surface area (Å²) in [5.41, 5.74) is 3.61. The van der Waals surface area contributed by atoms with Crippen LogP contribution >= 0.6 is 0 Å². The Morgan fingerprint density at radius 3 is 2.38 bits per heavy atom. The summed E-state index contributed by atoms with van der Waals surface area (Å²) in [5.74, 6) is 0.714. The van der Waals surface area contributed by atoms with E-state index >= 15 is 0 Å². The Balaban J connectivity index is 1.82. The van der Waals surface area contributed by atoms with Crippen molar-refractivity contribution < 1.29 is 13.2 Å². The fourth-order valence-electron chi connectivity index (χ4n) is 3.38. The quantitative estimate of drug-likeness (QED) is 0.493. The molecule has 0 spiro atoms. The molecule has 3 aromatic carbocycles. The number of aromatic nitrogens is 1. The van der Waals surface area contributed by atoms with Crippen molar-refractivity contribution in [1.29, 1.82) is 0 Å². The Morgan fingerprint density at radius 2 is 1.69 bits per heavy atom. The Kier molecular flexibility index (Phi) is 5.13.